The van der Waals surface area contributed by atoms with Crippen LogP contribution >= 0.6 is 0 Å². The third-order valence-corrected chi connectivity index (χ3v) is 1.61. The highest BCUT2D eigenvalue weighted by atomic mass is 16.6. The zero-order chi connectivity index (χ0) is 12.7. The molecule has 0 saturated carbocycles. The lowest BCUT2D eigenvalue weighted by Gasteiger charge is -1.96. The number of hydrogen-bond acceptors (Lipinski definition) is 7. The molecule has 1 aromatic heterocycles. The van der Waals surface area contributed by atoms with Crippen molar-refractivity contribution in [2.75, 3.05) is 5.73 Å². The van der Waals surface area contributed by atoms with E-state index in [9.17, 15) is 0 Å². The average Bonchev–Trinajstić information content (AvgIpc) is 2.74. The van der Waals surface area contributed by atoms with Gasteiger partial charge in [-0.2, -0.15) is 5.10 Å². The number of nitrogen functional groups attached to an aromatic ring is 1. The molecule has 0 aromatic carbocycles. The van der Waals surface area contributed by atoms with E-state index >= 15 is 0 Å². The van der Waals surface area contributed by atoms with Crippen LogP contribution in [0.2, 0.25) is 0 Å². The van der Waals surface area contributed by atoms with Gasteiger partial charge in [0.2, 0.25) is 0 Å². The molecule has 8 nitrogen and oxygen atoms in total. The highest BCUT2D eigenvalue weighted by Crippen LogP contribution is 2.03. The lowest BCUT2D eigenvalue weighted by atomic mass is 10.4. The molecule has 0 aliphatic rings. The standard InChI is InChI=1S/C9H12N6O2/c1-3-6(16-4-2)5-12-13-8(10)7-9(11)15-17-14-7/h3-5H,2H2,1H3,(H2,10,13)(H2,11,15)/b6-3-,12-5+. The molecule has 0 aliphatic carbocycles. The SMILES string of the molecule is C=COC(=C\C)/C=N/N=C(\N)c1nonc1N. The number of allylic oxidation sites excluding steroid dienone is 2. The Labute approximate surface area is 97.3 Å². The van der Waals surface area contributed by atoms with Crippen molar-refractivity contribution < 1.29 is 9.37 Å². The number of nitrogens with two attached hydrogens (primary N) is 2. The number of ether oxygens (including phenoxy) is 1. The van der Waals surface area contributed by atoms with Crippen LogP contribution in [-0.2, 0) is 4.74 Å². The highest BCUT2D eigenvalue weighted by molar-refractivity contribution is 5.99. The van der Waals surface area contributed by atoms with E-state index in [4.69, 9.17) is 16.2 Å². The fourth-order valence-corrected chi connectivity index (χ4v) is 0.838. The molecule has 0 fully saturated rings. The summed E-state index contributed by atoms with van der Waals surface area (Å²) in [5.41, 5.74) is 11.1. The van der Waals surface area contributed by atoms with E-state index in [2.05, 4.69) is 31.7 Å². The summed E-state index contributed by atoms with van der Waals surface area (Å²) < 4.78 is 9.35. The quantitative estimate of drug-likeness (QED) is 0.330. The largest absolute Gasteiger partial charge is 0.464 e. The maximum atomic E-state index is 5.56. The zero-order valence-electron chi connectivity index (χ0n) is 9.20. The predicted octanol–water partition coefficient (Wildman–Crippen LogP) is 0.407. The van der Waals surface area contributed by atoms with Gasteiger partial charge in [0, 0.05) is 0 Å². The normalized spacial score (nSPS) is 13.0. The van der Waals surface area contributed by atoms with E-state index < -0.39 is 0 Å². The summed E-state index contributed by atoms with van der Waals surface area (Å²) in [5.74, 6) is 0.520. The van der Waals surface area contributed by atoms with Gasteiger partial charge in [-0.3, -0.25) is 0 Å². The Morgan fingerprint density at radius 2 is 2.29 bits per heavy atom. The maximum absolute atomic E-state index is 5.56. The lowest BCUT2D eigenvalue weighted by molar-refractivity contribution is 0.308. The van der Waals surface area contributed by atoms with Crippen LogP contribution in [-0.4, -0.2) is 22.4 Å². The molecule has 8 heteroatoms. The van der Waals surface area contributed by atoms with Crippen molar-refractivity contribution in [1.29, 1.82) is 0 Å². The van der Waals surface area contributed by atoms with Gasteiger partial charge >= 0.3 is 0 Å². The van der Waals surface area contributed by atoms with Crippen molar-refractivity contribution in [3.63, 3.8) is 0 Å². The Balaban J connectivity index is 2.74. The van der Waals surface area contributed by atoms with Crippen LogP contribution < -0.4 is 11.5 Å². The van der Waals surface area contributed by atoms with E-state index in [1.807, 2.05) is 0 Å². The molecule has 1 rings (SSSR count). The average molecular weight is 236 g/mol. The molecule has 0 saturated heterocycles. The number of rotatable bonds is 5. The molecular weight excluding hydrogens is 224 g/mol. The molecule has 0 spiro atoms. The van der Waals surface area contributed by atoms with Gasteiger partial charge < -0.3 is 16.2 Å². The summed E-state index contributed by atoms with van der Waals surface area (Å²) in [4.78, 5) is 0. The first-order valence-corrected chi connectivity index (χ1v) is 4.57. The summed E-state index contributed by atoms with van der Waals surface area (Å²) in [6.45, 7) is 5.19. The fraction of sp³-hybridized carbons (Fsp3) is 0.111. The Morgan fingerprint density at radius 3 is 2.82 bits per heavy atom. The number of amidine groups is 1. The highest BCUT2D eigenvalue weighted by Gasteiger charge is 2.09. The minimum absolute atomic E-state index is 0.00550. The van der Waals surface area contributed by atoms with Crippen LogP contribution in [0.25, 0.3) is 0 Å². The van der Waals surface area contributed by atoms with Crippen molar-refractivity contribution in [3.05, 3.63) is 30.4 Å². The second-order valence-electron chi connectivity index (χ2n) is 2.70. The Bertz CT molecular complexity index is 474. The number of aromatic nitrogens is 2. The van der Waals surface area contributed by atoms with Crippen molar-refractivity contribution >= 4 is 17.9 Å². The molecule has 0 atom stereocenters. The molecule has 17 heavy (non-hydrogen) atoms. The van der Waals surface area contributed by atoms with Gasteiger partial charge in [-0.1, -0.05) is 6.58 Å². The minimum Gasteiger partial charge on any atom is -0.464 e. The maximum Gasteiger partial charge on any atom is 0.199 e. The molecule has 0 bridgehead atoms. The number of nitrogens with zero attached hydrogens (tertiary/aromatic N) is 4. The molecule has 90 valence electrons. The topological polar surface area (TPSA) is 125 Å². The van der Waals surface area contributed by atoms with Crippen LogP contribution in [0, 0.1) is 0 Å². The molecule has 1 aromatic rings. The van der Waals surface area contributed by atoms with Gasteiger partial charge in [0.25, 0.3) is 0 Å². The van der Waals surface area contributed by atoms with E-state index in [-0.39, 0.29) is 17.3 Å². The van der Waals surface area contributed by atoms with Crippen LogP contribution in [0.5, 0.6) is 0 Å². The lowest BCUT2D eigenvalue weighted by Crippen LogP contribution is -2.15. The number of anilines is 1. The van der Waals surface area contributed by atoms with Crippen LogP contribution in [0.3, 0.4) is 0 Å². The van der Waals surface area contributed by atoms with Crippen molar-refractivity contribution in [2.45, 2.75) is 6.92 Å². The van der Waals surface area contributed by atoms with Crippen molar-refractivity contribution in [1.82, 2.24) is 10.3 Å². The van der Waals surface area contributed by atoms with Gasteiger partial charge in [-0.25, -0.2) is 4.63 Å². The first-order chi connectivity index (χ1) is 8.19. The van der Waals surface area contributed by atoms with E-state index in [1.54, 1.807) is 13.0 Å². The minimum atomic E-state index is -0.00550. The fourth-order valence-electron chi connectivity index (χ4n) is 0.838. The Morgan fingerprint density at radius 1 is 1.53 bits per heavy atom. The smallest absolute Gasteiger partial charge is 0.199 e. The van der Waals surface area contributed by atoms with Crippen LogP contribution in [0.1, 0.15) is 12.6 Å². The van der Waals surface area contributed by atoms with Crippen LogP contribution in [0.4, 0.5) is 5.82 Å². The third kappa shape index (κ3) is 3.45. The second-order valence-corrected chi connectivity index (χ2v) is 2.70. The van der Waals surface area contributed by atoms with E-state index in [0.29, 0.717) is 5.76 Å². The summed E-state index contributed by atoms with van der Waals surface area (Å²) in [5, 5.41) is 14.2. The summed E-state index contributed by atoms with van der Waals surface area (Å²) in [7, 11) is 0. The predicted molar refractivity (Wildman–Crippen MR) is 63.0 cm³/mol. The number of hydrogen-bond donors (Lipinski definition) is 2. The molecule has 1 heterocycles. The van der Waals surface area contributed by atoms with Crippen LogP contribution in [0.15, 0.2) is 39.5 Å². The first kappa shape index (κ1) is 12.4. The zero-order valence-corrected chi connectivity index (χ0v) is 9.20. The molecule has 0 unspecified atom stereocenters. The third-order valence-electron chi connectivity index (χ3n) is 1.61. The van der Waals surface area contributed by atoms with Gasteiger partial charge in [0.05, 0.1) is 12.5 Å². The second kappa shape index (κ2) is 6.05. The monoisotopic (exact) mass is 236 g/mol. The van der Waals surface area contributed by atoms with E-state index in [0.717, 1.165) is 0 Å². The van der Waals surface area contributed by atoms with Crippen molar-refractivity contribution in [2.24, 2.45) is 15.9 Å². The summed E-state index contributed by atoms with van der Waals surface area (Å²) >= 11 is 0. The van der Waals surface area contributed by atoms with Gasteiger partial charge in [-0.15, -0.1) is 5.10 Å². The molecule has 0 aliphatic heterocycles. The Hall–Kier alpha value is -2.64. The molecule has 0 radical (unpaired) electrons. The molecular formula is C9H12N6O2. The van der Waals surface area contributed by atoms with Gasteiger partial charge in [-0.05, 0) is 23.3 Å². The first-order valence-electron chi connectivity index (χ1n) is 4.57. The van der Waals surface area contributed by atoms with Crippen molar-refractivity contribution in [3.8, 4) is 0 Å². The van der Waals surface area contributed by atoms with Gasteiger partial charge in [0.15, 0.2) is 17.3 Å². The van der Waals surface area contributed by atoms with Gasteiger partial charge in [0.1, 0.15) is 5.76 Å². The summed E-state index contributed by atoms with van der Waals surface area (Å²) in [6, 6.07) is 0. The Kier molecular flexibility index (Phi) is 4.43. The van der Waals surface area contributed by atoms with E-state index in [1.165, 1.54) is 12.5 Å². The molecule has 4 N–H and O–H groups in total. The molecule has 0 amide bonds. The summed E-state index contributed by atoms with van der Waals surface area (Å²) in [6.07, 6.45) is 4.31.